The highest BCUT2D eigenvalue weighted by Crippen LogP contribution is 2.20. The average molecular weight is 341 g/mol. The van der Waals surface area contributed by atoms with Crippen LogP contribution in [0.1, 0.15) is 24.2 Å². The molecule has 23 heavy (non-hydrogen) atoms. The molecule has 0 aliphatic rings. The van der Waals surface area contributed by atoms with Crippen molar-refractivity contribution in [2.45, 2.75) is 19.4 Å². The summed E-state index contributed by atoms with van der Waals surface area (Å²) < 4.78 is 15.1. The van der Waals surface area contributed by atoms with Gasteiger partial charge in [-0.2, -0.15) is 5.10 Å². The number of carbonyl (C=O) groups is 1. The zero-order valence-corrected chi connectivity index (χ0v) is 13.6. The lowest BCUT2D eigenvalue weighted by Gasteiger charge is -2.17. The van der Waals surface area contributed by atoms with Gasteiger partial charge in [-0.15, -0.1) is 0 Å². The van der Waals surface area contributed by atoms with Gasteiger partial charge in [-0.1, -0.05) is 24.6 Å². The summed E-state index contributed by atoms with van der Waals surface area (Å²) in [5.41, 5.74) is 1.27. The molecule has 0 fully saturated rings. The minimum absolute atomic E-state index is 0.0168. The summed E-state index contributed by atoms with van der Waals surface area (Å²) in [6.45, 7) is 1.59. The molecule has 1 unspecified atom stereocenters. The van der Waals surface area contributed by atoms with E-state index in [9.17, 15) is 14.3 Å². The van der Waals surface area contributed by atoms with Crippen LogP contribution in [0.25, 0.3) is 0 Å². The number of halogens is 2. The van der Waals surface area contributed by atoms with Crippen molar-refractivity contribution in [2.24, 2.45) is 7.05 Å². The maximum Gasteiger partial charge on any atom is 0.320 e. The molecule has 6 nitrogen and oxygen atoms in total. The highest BCUT2D eigenvalue weighted by Gasteiger charge is 2.16. The van der Waals surface area contributed by atoms with Crippen LogP contribution in [-0.4, -0.2) is 27.5 Å². The Morgan fingerprint density at radius 1 is 1.48 bits per heavy atom. The largest absolute Gasteiger partial charge is 0.394 e. The second-order valence-corrected chi connectivity index (χ2v) is 5.41. The van der Waals surface area contributed by atoms with Gasteiger partial charge in [0.25, 0.3) is 0 Å². The summed E-state index contributed by atoms with van der Waals surface area (Å²) in [6, 6.07) is 4.60. The number of anilines is 1. The molecule has 0 aliphatic heterocycles. The lowest BCUT2D eigenvalue weighted by molar-refractivity contribution is 0.225. The standard InChI is InChI=1S/C15H18ClFN4O2/c1-3-10-7-14(21(2)20-10)19-15(23)18-13(8-22)9-4-5-11(16)12(17)6-9/h4-7,13,22H,3,8H2,1-2H3,(H2,18,19,23). The summed E-state index contributed by atoms with van der Waals surface area (Å²) in [5.74, 6) is -0.0811. The highest BCUT2D eigenvalue weighted by atomic mass is 35.5. The van der Waals surface area contributed by atoms with Crippen molar-refractivity contribution in [1.82, 2.24) is 15.1 Å². The fraction of sp³-hybridized carbons (Fsp3) is 0.333. The maximum absolute atomic E-state index is 13.5. The van der Waals surface area contributed by atoms with Crippen molar-refractivity contribution in [3.05, 3.63) is 46.4 Å². The van der Waals surface area contributed by atoms with Crippen LogP contribution in [0.5, 0.6) is 0 Å². The normalized spacial score (nSPS) is 12.0. The Balaban J connectivity index is 2.07. The third-order valence-corrected chi connectivity index (χ3v) is 3.67. The van der Waals surface area contributed by atoms with Crippen LogP contribution in [0.15, 0.2) is 24.3 Å². The van der Waals surface area contributed by atoms with Crippen LogP contribution >= 0.6 is 11.6 Å². The molecule has 3 N–H and O–H groups in total. The van der Waals surface area contributed by atoms with Crippen LogP contribution in [-0.2, 0) is 13.5 Å². The molecule has 2 amide bonds. The number of amides is 2. The van der Waals surface area contributed by atoms with Crippen LogP contribution in [0, 0.1) is 5.82 Å². The van der Waals surface area contributed by atoms with Gasteiger partial charge in [0, 0.05) is 13.1 Å². The summed E-state index contributed by atoms with van der Waals surface area (Å²) in [7, 11) is 1.72. The second-order valence-electron chi connectivity index (χ2n) is 5.01. The van der Waals surface area contributed by atoms with Crippen LogP contribution in [0.2, 0.25) is 5.02 Å². The first-order valence-electron chi connectivity index (χ1n) is 7.10. The minimum atomic E-state index is -0.749. The number of nitrogens with one attached hydrogen (secondary N) is 2. The fourth-order valence-electron chi connectivity index (χ4n) is 2.09. The molecule has 0 aliphatic carbocycles. The Hall–Kier alpha value is -2.12. The number of rotatable bonds is 5. The number of aromatic nitrogens is 2. The molecule has 0 saturated heterocycles. The topological polar surface area (TPSA) is 79.2 Å². The molecule has 0 spiro atoms. The quantitative estimate of drug-likeness (QED) is 0.782. The van der Waals surface area contributed by atoms with Gasteiger partial charge in [0.15, 0.2) is 0 Å². The summed E-state index contributed by atoms with van der Waals surface area (Å²) in [6.07, 6.45) is 0.750. The monoisotopic (exact) mass is 340 g/mol. The smallest absolute Gasteiger partial charge is 0.320 e. The van der Waals surface area contributed by atoms with Crippen molar-refractivity contribution in [2.75, 3.05) is 11.9 Å². The Morgan fingerprint density at radius 2 is 2.22 bits per heavy atom. The Kier molecular flexibility index (Phi) is 5.57. The number of hydrogen-bond acceptors (Lipinski definition) is 3. The predicted octanol–water partition coefficient (Wildman–Crippen LogP) is 2.63. The van der Waals surface area contributed by atoms with Gasteiger partial charge in [0.05, 0.1) is 23.4 Å². The predicted molar refractivity (Wildman–Crippen MR) is 86.0 cm³/mol. The van der Waals surface area contributed by atoms with Crippen LogP contribution in [0.3, 0.4) is 0 Å². The number of aliphatic hydroxyl groups is 1. The minimum Gasteiger partial charge on any atom is -0.394 e. The number of aliphatic hydroxyl groups excluding tert-OH is 1. The van der Waals surface area contributed by atoms with E-state index >= 15 is 0 Å². The van der Waals surface area contributed by atoms with Crippen molar-refractivity contribution >= 4 is 23.4 Å². The van der Waals surface area contributed by atoms with E-state index in [1.807, 2.05) is 6.92 Å². The Labute approximate surface area is 138 Å². The van der Waals surface area contributed by atoms with Gasteiger partial charge >= 0.3 is 6.03 Å². The number of hydrogen-bond donors (Lipinski definition) is 3. The molecule has 1 aromatic carbocycles. The van der Waals surface area contributed by atoms with E-state index in [4.69, 9.17) is 11.6 Å². The Morgan fingerprint density at radius 3 is 2.78 bits per heavy atom. The zero-order valence-electron chi connectivity index (χ0n) is 12.8. The SMILES string of the molecule is CCc1cc(NC(=O)NC(CO)c2ccc(Cl)c(F)c2)n(C)n1. The molecule has 0 bridgehead atoms. The highest BCUT2D eigenvalue weighted by molar-refractivity contribution is 6.30. The first-order valence-corrected chi connectivity index (χ1v) is 7.48. The van der Waals surface area contributed by atoms with Gasteiger partial charge in [-0.25, -0.2) is 9.18 Å². The molecule has 124 valence electrons. The van der Waals surface area contributed by atoms with E-state index < -0.39 is 17.9 Å². The molecular formula is C15H18ClFN4O2. The van der Waals surface area contributed by atoms with Gasteiger partial charge < -0.3 is 10.4 Å². The van der Waals surface area contributed by atoms with E-state index in [0.29, 0.717) is 11.4 Å². The summed E-state index contributed by atoms with van der Waals surface area (Å²) >= 11 is 5.63. The number of benzene rings is 1. The molecule has 1 aromatic heterocycles. The third-order valence-electron chi connectivity index (χ3n) is 3.37. The van der Waals surface area contributed by atoms with Crippen molar-refractivity contribution in [1.29, 1.82) is 0 Å². The molecule has 2 aromatic rings. The maximum atomic E-state index is 13.5. The van der Waals surface area contributed by atoms with E-state index in [1.54, 1.807) is 23.9 Å². The van der Waals surface area contributed by atoms with E-state index in [-0.39, 0.29) is 11.6 Å². The van der Waals surface area contributed by atoms with E-state index in [2.05, 4.69) is 15.7 Å². The number of urea groups is 1. The molecule has 1 heterocycles. The molecule has 0 saturated carbocycles. The van der Waals surface area contributed by atoms with Crippen molar-refractivity contribution in [3.63, 3.8) is 0 Å². The summed E-state index contributed by atoms with van der Waals surface area (Å²) in [5, 5.41) is 18.9. The summed E-state index contributed by atoms with van der Waals surface area (Å²) in [4.78, 5) is 12.1. The van der Waals surface area contributed by atoms with Crippen LogP contribution < -0.4 is 10.6 Å². The third kappa shape index (κ3) is 4.20. The molecule has 0 radical (unpaired) electrons. The number of carbonyl (C=O) groups excluding carboxylic acids is 1. The first kappa shape index (κ1) is 17.2. The molecular weight excluding hydrogens is 323 g/mol. The Bertz CT molecular complexity index is 705. The van der Waals surface area contributed by atoms with Crippen LogP contribution in [0.4, 0.5) is 15.0 Å². The molecule has 8 heteroatoms. The van der Waals surface area contributed by atoms with Gasteiger partial charge in [-0.05, 0) is 24.1 Å². The second kappa shape index (κ2) is 7.43. The lowest BCUT2D eigenvalue weighted by atomic mass is 10.1. The number of aryl methyl sites for hydroxylation is 2. The first-order chi connectivity index (χ1) is 10.9. The average Bonchev–Trinajstić information content (AvgIpc) is 2.88. The lowest BCUT2D eigenvalue weighted by Crippen LogP contribution is -2.34. The van der Waals surface area contributed by atoms with Gasteiger partial charge in [0.2, 0.25) is 0 Å². The molecule has 1 atom stereocenters. The van der Waals surface area contributed by atoms with Gasteiger partial charge in [0.1, 0.15) is 11.6 Å². The van der Waals surface area contributed by atoms with Crippen molar-refractivity contribution < 1.29 is 14.3 Å². The fourth-order valence-corrected chi connectivity index (χ4v) is 2.21. The van der Waals surface area contributed by atoms with E-state index in [0.717, 1.165) is 12.1 Å². The molecule has 2 rings (SSSR count). The van der Waals surface area contributed by atoms with Crippen molar-refractivity contribution in [3.8, 4) is 0 Å². The van der Waals surface area contributed by atoms with E-state index in [1.165, 1.54) is 12.1 Å². The van der Waals surface area contributed by atoms with Gasteiger partial charge in [-0.3, -0.25) is 10.00 Å². The number of nitrogens with zero attached hydrogens (tertiary/aromatic N) is 2. The zero-order chi connectivity index (χ0) is 17.0.